The molecule has 7 rings (SSSR count). The van der Waals surface area contributed by atoms with Gasteiger partial charge >= 0.3 is 0 Å². The second-order valence-electron chi connectivity index (χ2n) is 13.8. The minimum atomic E-state index is -1.63. The molecule has 0 saturated heterocycles. The highest BCUT2D eigenvalue weighted by Gasteiger charge is 2.53. The van der Waals surface area contributed by atoms with E-state index in [0.717, 1.165) is 86.8 Å². The summed E-state index contributed by atoms with van der Waals surface area (Å²) < 4.78 is 31.4. The van der Waals surface area contributed by atoms with Crippen molar-refractivity contribution in [2.24, 2.45) is 11.3 Å². The van der Waals surface area contributed by atoms with Crippen molar-refractivity contribution in [3.63, 3.8) is 0 Å². The first-order chi connectivity index (χ1) is 21.1. The third-order valence-corrected chi connectivity index (χ3v) is 10.6. The van der Waals surface area contributed by atoms with E-state index < -0.39 is 5.67 Å². The number of rotatable bonds is 10. The van der Waals surface area contributed by atoms with E-state index in [2.05, 4.69) is 51.4 Å². The highest BCUT2D eigenvalue weighted by atomic mass is 19.1. The molecule has 0 spiro atoms. The second kappa shape index (κ2) is 12.3. The van der Waals surface area contributed by atoms with Crippen molar-refractivity contribution in [2.45, 2.75) is 102 Å². The summed E-state index contributed by atoms with van der Waals surface area (Å²) in [5.41, 5.74) is 1.33. The van der Waals surface area contributed by atoms with Crippen molar-refractivity contribution in [1.82, 2.24) is 10.1 Å². The number of benzene rings is 2. The topological polar surface area (TPSA) is 77.7 Å². The van der Waals surface area contributed by atoms with Gasteiger partial charge in [-0.3, -0.25) is 4.79 Å². The molecule has 0 unspecified atom stereocenters. The Balaban J connectivity index is 1.25. The lowest BCUT2D eigenvalue weighted by molar-refractivity contribution is -0.125. The summed E-state index contributed by atoms with van der Waals surface area (Å²) in [6.07, 6.45) is 9.45. The molecule has 0 atom stereocenters. The number of carbonyl (C=O) groups is 1. The largest absolute Gasteiger partial charge is 0.494 e. The van der Waals surface area contributed by atoms with Crippen LogP contribution in [0.4, 0.5) is 10.1 Å². The van der Waals surface area contributed by atoms with Crippen molar-refractivity contribution in [3.8, 4) is 16.9 Å². The average molecular weight is 604 g/mol. The van der Waals surface area contributed by atoms with E-state index in [1.165, 1.54) is 13.8 Å². The molecule has 0 N–H and O–H groups in total. The normalized spacial score (nSPS) is 26.8. The fourth-order valence-electron chi connectivity index (χ4n) is 7.66. The standard InChI is InChI=1S/C36H46FN3O4/c1-5-43-30-15-9-25(10-16-30)27-7-6-8-28(23-27)40(31(41)26-11-13-29(42-4)14-12-26)24-35-17-20-36(21-18-35,22-19-35)33-38-32(39-44-33)34(2,3)37/h6-10,15-16,23,26,29H,5,11-14,17-22,24H2,1-4H3. The SMILES string of the molecule is CCOc1ccc(-c2cccc(N(CC34CCC(c5nc(C(C)(C)F)no5)(CC3)CC4)C(=O)C3CCC(OC)CC3)c2)cc1. The van der Waals surface area contributed by atoms with Gasteiger partial charge in [-0.1, -0.05) is 29.4 Å². The van der Waals surface area contributed by atoms with Crippen molar-refractivity contribution in [2.75, 3.05) is 25.2 Å². The number of alkyl halides is 1. The molecule has 4 aliphatic carbocycles. The van der Waals surface area contributed by atoms with Gasteiger partial charge in [-0.2, -0.15) is 4.98 Å². The maximum absolute atomic E-state index is 14.5. The molecule has 1 heterocycles. The Morgan fingerprint density at radius 3 is 2.27 bits per heavy atom. The lowest BCUT2D eigenvalue weighted by Gasteiger charge is -2.53. The first-order valence-corrected chi connectivity index (χ1v) is 16.3. The van der Waals surface area contributed by atoms with Gasteiger partial charge in [-0.05, 0) is 126 Å². The third-order valence-electron chi connectivity index (χ3n) is 10.6. The summed E-state index contributed by atoms with van der Waals surface area (Å²) in [4.78, 5) is 21.0. The zero-order valence-electron chi connectivity index (χ0n) is 26.6. The molecule has 44 heavy (non-hydrogen) atoms. The molecule has 0 aliphatic heterocycles. The number of carbonyl (C=O) groups excluding carboxylic acids is 1. The molecule has 4 aliphatic rings. The van der Waals surface area contributed by atoms with E-state index in [1.54, 1.807) is 7.11 Å². The van der Waals surface area contributed by atoms with Crippen LogP contribution < -0.4 is 9.64 Å². The Kier molecular flexibility index (Phi) is 8.57. The quantitative estimate of drug-likeness (QED) is 0.233. The van der Waals surface area contributed by atoms with Crippen molar-refractivity contribution < 1.29 is 23.2 Å². The van der Waals surface area contributed by atoms with E-state index in [4.69, 9.17) is 14.0 Å². The minimum Gasteiger partial charge on any atom is -0.494 e. The molecule has 8 heteroatoms. The highest BCUT2D eigenvalue weighted by molar-refractivity contribution is 5.96. The zero-order valence-corrected chi connectivity index (χ0v) is 26.6. The lowest BCUT2D eigenvalue weighted by atomic mass is 9.53. The van der Waals surface area contributed by atoms with Crippen molar-refractivity contribution in [3.05, 3.63) is 60.2 Å². The summed E-state index contributed by atoms with van der Waals surface area (Å²) >= 11 is 0. The molecular formula is C36H46FN3O4. The summed E-state index contributed by atoms with van der Waals surface area (Å²) in [5.74, 6) is 1.78. The summed E-state index contributed by atoms with van der Waals surface area (Å²) in [6, 6.07) is 16.6. The molecule has 2 bridgehead atoms. The first kappa shape index (κ1) is 30.8. The maximum Gasteiger partial charge on any atom is 0.232 e. The molecular weight excluding hydrogens is 557 g/mol. The predicted octanol–water partition coefficient (Wildman–Crippen LogP) is 8.17. The third kappa shape index (κ3) is 6.15. The van der Waals surface area contributed by atoms with Crippen LogP contribution in [0.15, 0.2) is 53.1 Å². The number of aromatic nitrogens is 2. The fraction of sp³-hybridized carbons (Fsp3) is 0.583. The van der Waals surface area contributed by atoms with Gasteiger partial charge in [0.1, 0.15) is 5.75 Å². The Hall–Kier alpha value is -3.26. The van der Waals surface area contributed by atoms with Gasteiger partial charge in [0, 0.05) is 30.7 Å². The maximum atomic E-state index is 14.5. The number of hydrogen-bond donors (Lipinski definition) is 0. The van der Waals surface area contributed by atoms with Gasteiger partial charge in [-0.15, -0.1) is 0 Å². The van der Waals surface area contributed by atoms with Gasteiger partial charge in [0.05, 0.1) is 12.7 Å². The van der Waals surface area contributed by atoms with Crippen LogP contribution in [0.2, 0.25) is 0 Å². The Morgan fingerprint density at radius 1 is 1.00 bits per heavy atom. The smallest absolute Gasteiger partial charge is 0.232 e. The minimum absolute atomic E-state index is 0.000858. The second-order valence-corrected chi connectivity index (χ2v) is 13.8. The zero-order chi connectivity index (χ0) is 31.0. The van der Waals surface area contributed by atoms with Gasteiger partial charge in [-0.25, -0.2) is 4.39 Å². The number of ether oxygens (including phenoxy) is 2. The van der Waals surface area contributed by atoms with Crippen LogP contribution in [0.1, 0.15) is 96.7 Å². The van der Waals surface area contributed by atoms with Gasteiger partial charge in [0.15, 0.2) is 5.67 Å². The molecule has 236 valence electrons. The fourth-order valence-corrected chi connectivity index (χ4v) is 7.66. The lowest BCUT2D eigenvalue weighted by Crippen LogP contribution is -2.52. The van der Waals surface area contributed by atoms with Crippen LogP contribution in [0.5, 0.6) is 5.75 Å². The van der Waals surface area contributed by atoms with Crippen LogP contribution in [-0.4, -0.2) is 42.4 Å². The van der Waals surface area contributed by atoms with E-state index in [0.29, 0.717) is 19.0 Å². The van der Waals surface area contributed by atoms with Gasteiger partial charge in [0.2, 0.25) is 17.6 Å². The summed E-state index contributed by atoms with van der Waals surface area (Å²) in [6.45, 7) is 6.24. The average Bonchev–Trinajstić information content (AvgIpc) is 3.58. The van der Waals surface area contributed by atoms with E-state index in [1.807, 2.05) is 19.1 Å². The van der Waals surface area contributed by atoms with E-state index >= 15 is 0 Å². The number of methoxy groups -OCH3 is 1. The Morgan fingerprint density at radius 2 is 1.68 bits per heavy atom. The molecule has 1 amide bonds. The Labute approximate surface area is 260 Å². The monoisotopic (exact) mass is 603 g/mol. The van der Waals surface area contributed by atoms with Gasteiger partial charge < -0.3 is 18.9 Å². The summed E-state index contributed by atoms with van der Waals surface area (Å²) in [5, 5.41) is 3.98. The molecule has 1 aromatic heterocycles. The number of anilines is 1. The molecule has 4 saturated carbocycles. The number of halogens is 1. The van der Waals surface area contributed by atoms with Crippen LogP contribution in [0.3, 0.4) is 0 Å². The molecule has 3 aromatic rings. The first-order valence-electron chi connectivity index (χ1n) is 16.3. The van der Waals surface area contributed by atoms with Crippen molar-refractivity contribution in [1.29, 1.82) is 0 Å². The number of amides is 1. The number of fused-ring (bicyclic) bond motifs is 3. The van der Waals surface area contributed by atoms with Crippen molar-refractivity contribution >= 4 is 11.6 Å². The highest BCUT2D eigenvalue weighted by Crippen LogP contribution is 2.58. The van der Waals surface area contributed by atoms with E-state index in [-0.39, 0.29) is 34.6 Å². The van der Waals surface area contributed by atoms with Crippen LogP contribution >= 0.6 is 0 Å². The molecule has 0 radical (unpaired) electrons. The predicted molar refractivity (Wildman–Crippen MR) is 168 cm³/mol. The number of nitrogens with zero attached hydrogens (tertiary/aromatic N) is 3. The summed E-state index contributed by atoms with van der Waals surface area (Å²) in [7, 11) is 1.77. The van der Waals surface area contributed by atoms with E-state index in [9.17, 15) is 9.18 Å². The Bertz CT molecular complexity index is 1410. The van der Waals surface area contributed by atoms with Gasteiger partial charge in [0.25, 0.3) is 0 Å². The van der Waals surface area contributed by atoms with Crippen LogP contribution in [-0.2, 0) is 20.6 Å². The number of hydrogen-bond acceptors (Lipinski definition) is 6. The molecule has 4 fully saturated rings. The molecule has 2 aromatic carbocycles. The van der Waals surface area contributed by atoms with Crippen LogP contribution in [0.25, 0.3) is 11.1 Å². The van der Waals surface area contributed by atoms with Crippen LogP contribution in [0, 0.1) is 11.3 Å². The molecule has 7 nitrogen and oxygen atoms in total.